The molecule has 1 N–H and O–H groups in total. The highest BCUT2D eigenvalue weighted by molar-refractivity contribution is 5.80. The largest absolute Gasteiger partial charge is 0.481 e. The molecule has 0 aromatic rings. The highest BCUT2D eigenvalue weighted by Crippen LogP contribution is 2.49. The highest BCUT2D eigenvalue weighted by atomic mass is 16.5. The maximum absolute atomic E-state index is 12.7. The molecule has 2 fully saturated rings. The van der Waals surface area contributed by atoms with Crippen LogP contribution in [0.2, 0.25) is 0 Å². The van der Waals surface area contributed by atoms with Gasteiger partial charge in [-0.2, -0.15) is 0 Å². The molecule has 2 amide bonds. The van der Waals surface area contributed by atoms with Crippen molar-refractivity contribution >= 4 is 12.0 Å². The number of urea groups is 1. The minimum atomic E-state index is -0.759. The van der Waals surface area contributed by atoms with E-state index in [1.54, 1.807) is 24.0 Å². The predicted molar refractivity (Wildman–Crippen MR) is 79.7 cm³/mol. The van der Waals surface area contributed by atoms with Gasteiger partial charge in [-0.1, -0.05) is 6.42 Å². The lowest BCUT2D eigenvalue weighted by atomic mass is 9.81. The lowest BCUT2D eigenvalue weighted by Crippen LogP contribution is -2.46. The maximum atomic E-state index is 12.7. The smallest absolute Gasteiger partial charge is 0.320 e. The molecule has 0 bridgehead atoms. The van der Waals surface area contributed by atoms with Gasteiger partial charge in [0.05, 0.1) is 18.6 Å². The van der Waals surface area contributed by atoms with Crippen LogP contribution in [0.15, 0.2) is 0 Å². The zero-order chi connectivity index (χ0) is 16.2. The third-order valence-corrected chi connectivity index (χ3v) is 4.97. The van der Waals surface area contributed by atoms with Gasteiger partial charge in [0.2, 0.25) is 0 Å². The molecule has 1 heterocycles. The Balaban J connectivity index is 2.03. The Bertz CT molecular complexity index is 409. The first-order valence-corrected chi connectivity index (χ1v) is 7.80. The Morgan fingerprint density at radius 1 is 1.27 bits per heavy atom. The number of hydrogen-bond acceptors (Lipinski definition) is 4. The fourth-order valence-electron chi connectivity index (χ4n) is 3.69. The van der Waals surface area contributed by atoms with Crippen molar-refractivity contribution in [3.8, 4) is 0 Å². The first kappa shape index (κ1) is 17.0. The second kappa shape index (κ2) is 7.28. The van der Waals surface area contributed by atoms with E-state index in [4.69, 9.17) is 9.47 Å². The zero-order valence-corrected chi connectivity index (χ0v) is 13.4. The molecule has 2 atom stereocenters. The molecule has 0 unspecified atom stereocenters. The van der Waals surface area contributed by atoms with Crippen LogP contribution in [0.5, 0.6) is 0 Å². The summed E-state index contributed by atoms with van der Waals surface area (Å²) in [5, 5.41) is 9.60. The van der Waals surface area contributed by atoms with E-state index < -0.39 is 11.4 Å². The van der Waals surface area contributed by atoms with E-state index in [2.05, 4.69) is 0 Å². The predicted octanol–water partition coefficient (Wildman–Crippen LogP) is 0.888. The molecule has 7 heteroatoms. The van der Waals surface area contributed by atoms with Gasteiger partial charge in [0.15, 0.2) is 0 Å². The molecular formula is C15H26N2O5. The maximum Gasteiger partial charge on any atom is 0.320 e. The lowest BCUT2D eigenvalue weighted by Gasteiger charge is -2.29. The van der Waals surface area contributed by atoms with Gasteiger partial charge in [-0.3, -0.25) is 4.79 Å². The summed E-state index contributed by atoms with van der Waals surface area (Å²) < 4.78 is 10.1. The number of carboxylic acids is 1. The summed E-state index contributed by atoms with van der Waals surface area (Å²) in [6.07, 6.45) is 2.51. The van der Waals surface area contributed by atoms with Gasteiger partial charge in [0.1, 0.15) is 0 Å². The first-order valence-electron chi connectivity index (χ1n) is 7.80. The van der Waals surface area contributed by atoms with E-state index in [0.29, 0.717) is 45.8 Å². The number of fused-ring (bicyclic) bond motifs is 1. The van der Waals surface area contributed by atoms with E-state index >= 15 is 0 Å². The van der Waals surface area contributed by atoms with Crippen molar-refractivity contribution in [3.63, 3.8) is 0 Å². The average Bonchev–Trinajstić information content (AvgIpc) is 3.04. The van der Waals surface area contributed by atoms with Crippen LogP contribution in [0.4, 0.5) is 4.79 Å². The number of amides is 2. The number of carboxylic acid groups (broad SMARTS) is 1. The van der Waals surface area contributed by atoms with Crippen molar-refractivity contribution in [2.75, 3.05) is 53.6 Å². The molecule has 0 spiro atoms. The van der Waals surface area contributed by atoms with Gasteiger partial charge < -0.3 is 24.4 Å². The SMILES string of the molecule is COCCN(CCOC)C(=O)N1C[C@@H]2CCC[C@@]2(C(=O)O)C1. The standard InChI is InChI=1S/C15H26N2O5/c1-21-8-6-16(7-9-22-2)14(20)17-10-12-4-3-5-15(12,11-17)13(18)19/h12H,3-11H2,1-2H3,(H,18,19)/t12-,15+/m0/s1. The van der Waals surface area contributed by atoms with Crippen LogP contribution in [0.25, 0.3) is 0 Å². The molecule has 1 aliphatic heterocycles. The number of nitrogens with zero attached hydrogens (tertiary/aromatic N) is 2. The minimum absolute atomic E-state index is 0.0839. The number of carbonyl (C=O) groups excluding carboxylic acids is 1. The van der Waals surface area contributed by atoms with Gasteiger partial charge in [-0.05, 0) is 18.8 Å². The molecule has 2 aliphatic rings. The van der Waals surface area contributed by atoms with Crippen molar-refractivity contribution in [1.29, 1.82) is 0 Å². The fourth-order valence-corrected chi connectivity index (χ4v) is 3.69. The number of rotatable bonds is 7. The van der Waals surface area contributed by atoms with Crippen LogP contribution in [0, 0.1) is 11.3 Å². The van der Waals surface area contributed by atoms with Crippen LogP contribution >= 0.6 is 0 Å². The molecule has 126 valence electrons. The van der Waals surface area contributed by atoms with E-state index in [0.717, 1.165) is 12.8 Å². The molecule has 7 nitrogen and oxygen atoms in total. The quantitative estimate of drug-likeness (QED) is 0.755. The summed E-state index contributed by atoms with van der Waals surface area (Å²) in [6.45, 7) is 2.75. The van der Waals surface area contributed by atoms with Crippen molar-refractivity contribution in [1.82, 2.24) is 9.80 Å². The fraction of sp³-hybridized carbons (Fsp3) is 0.867. The number of carbonyl (C=O) groups is 2. The highest BCUT2D eigenvalue weighted by Gasteiger charge is 2.56. The molecule has 0 radical (unpaired) electrons. The van der Waals surface area contributed by atoms with Crippen molar-refractivity contribution < 1.29 is 24.2 Å². The van der Waals surface area contributed by atoms with Gasteiger partial charge in [-0.15, -0.1) is 0 Å². The molecule has 0 aromatic carbocycles. The molecule has 0 aromatic heterocycles. The monoisotopic (exact) mass is 314 g/mol. The third kappa shape index (κ3) is 3.20. The second-order valence-electron chi connectivity index (χ2n) is 6.19. The van der Waals surface area contributed by atoms with E-state index in [-0.39, 0.29) is 11.9 Å². The van der Waals surface area contributed by atoms with Crippen LogP contribution in [-0.2, 0) is 14.3 Å². The van der Waals surface area contributed by atoms with Crippen molar-refractivity contribution in [2.24, 2.45) is 11.3 Å². The Hall–Kier alpha value is -1.34. The average molecular weight is 314 g/mol. The van der Waals surface area contributed by atoms with Gasteiger partial charge in [-0.25, -0.2) is 4.79 Å². The van der Waals surface area contributed by atoms with Gasteiger partial charge >= 0.3 is 12.0 Å². The lowest BCUT2D eigenvalue weighted by molar-refractivity contribution is -0.149. The van der Waals surface area contributed by atoms with E-state index in [1.807, 2.05) is 0 Å². The summed E-state index contributed by atoms with van der Waals surface area (Å²) in [5.74, 6) is -0.675. The Morgan fingerprint density at radius 2 is 1.91 bits per heavy atom. The molecular weight excluding hydrogens is 288 g/mol. The zero-order valence-electron chi connectivity index (χ0n) is 13.4. The third-order valence-electron chi connectivity index (χ3n) is 4.97. The van der Waals surface area contributed by atoms with Gasteiger partial charge in [0, 0.05) is 40.4 Å². The minimum Gasteiger partial charge on any atom is -0.481 e. The summed E-state index contributed by atoms with van der Waals surface area (Å²) in [7, 11) is 3.19. The molecule has 1 saturated heterocycles. The topological polar surface area (TPSA) is 79.3 Å². The second-order valence-corrected chi connectivity index (χ2v) is 6.19. The summed E-state index contributed by atoms with van der Waals surface area (Å²) in [5.41, 5.74) is -0.732. The number of likely N-dealkylation sites (tertiary alicyclic amines) is 1. The Kier molecular flexibility index (Phi) is 5.63. The molecule has 1 aliphatic carbocycles. The summed E-state index contributed by atoms with van der Waals surface area (Å²) in [6, 6.07) is -0.107. The Morgan fingerprint density at radius 3 is 2.41 bits per heavy atom. The van der Waals surface area contributed by atoms with Crippen LogP contribution in [0.1, 0.15) is 19.3 Å². The van der Waals surface area contributed by atoms with Crippen molar-refractivity contribution in [2.45, 2.75) is 19.3 Å². The van der Waals surface area contributed by atoms with E-state index in [1.165, 1.54) is 0 Å². The van der Waals surface area contributed by atoms with E-state index in [9.17, 15) is 14.7 Å². The van der Waals surface area contributed by atoms with Gasteiger partial charge in [0.25, 0.3) is 0 Å². The summed E-state index contributed by atoms with van der Waals surface area (Å²) in [4.78, 5) is 27.8. The van der Waals surface area contributed by atoms with Crippen LogP contribution in [0.3, 0.4) is 0 Å². The Labute approximate surface area is 131 Å². The van der Waals surface area contributed by atoms with Crippen LogP contribution < -0.4 is 0 Å². The number of aliphatic carboxylic acids is 1. The van der Waals surface area contributed by atoms with Crippen molar-refractivity contribution in [3.05, 3.63) is 0 Å². The molecule has 1 saturated carbocycles. The van der Waals surface area contributed by atoms with Crippen LogP contribution in [-0.4, -0.2) is 80.5 Å². The number of methoxy groups -OCH3 is 2. The normalized spacial score (nSPS) is 27.0. The number of hydrogen-bond donors (Lipinski definition) is 1. The summed E-state index contributed by atoms with van der Waals surface area (Å²) >= 11 is 0. The molecule has 2 rings (SSSR count). The number of ether oxygens (including phenoxy) is 2. The molecule has 22 heavy (non-hydrogen) atoms. The first-order chi connectivity index (χ1) is 10.5.